The van der Waals surface area contributed by atoms with Crippen molar-refractivity contribution in [2.24, 2.45) is 11.8 Å². The molecule has 0 aromatic carbocycles. The number of rotatable bonds is 4. The number of anilines is 1. The molecule has 0 radical (unpaired) electrons. The summed E-state index contributed by atoms with van der Waals surface area (Å²) in [6.45, 7) is 1.81. The second kappa shape index (κ2) is 8.21. The van der Waals surface area contributed by atoms with E-state index in [1.54, 1.807) is 6.07 Å². The fraction of sp³-hybridized carbons (Fsp3) is 0.625. The zero-order valence-corrected chi connectivity index (χ0v) is 13.5. The Bertz CT molecular complexity index is 481. The maximum Gasteiger partial charge on any atom is 0.151 e. The summed E-state index contributed by atoms with van der Waals surface area (Å²) in [5.41, 5.74) is 0. The Balaban J connectivity index is 1.69. The van der Waals surface area contributed by atoms with Crippen LogP contribution in [0, 0.1) is 23.7 Å². The normalized spacial score (nSPS) is 21.7. The molecule has 5 heteroatoms. The molecule has 1 aromatic heterocycles. The van der Waals surface area contributed by atoms with E-state index in [2.05, 4.69) is 46.4 Å². The molecule has 0 aliphatic heterocycles. The van der Waals surface area contributed by atoms with Crippen LogP contribution >= 0.6 is 11.6 Å². The van der Waals surface area contributed by atoms with E-state index in [0.29, 0.717) is 17.0 Å². The highest BCUT2D eigenvalue weighted by Gasteiger charge is 2.19. The van der Waals surface area contributed by atoms with Crippen molar-refractivity contribution in [1.29, 1.82) is 0 Å². The van der Waals surface area contributed by atoms with Gasteiger partial charge in [0.2, 0.25) is 0 Å². The molecular weight excluding hydrogens is 284 g/mol. The fourth-order valence-corrected chi connectivity index (χ4v) is 2.62. The molecule has 4 nitrogen and oxygen atoms in total. The highest BCUT2D eigenvalue weighted by atomic mass is 35.5. The van der Waals surface area contributed by atoms with Gasteiger partial charge in [0.15, 0.2) is 5.15 Å². The van der Waals surface area contributed by atoms with Gasteiger partial charge in [-0.25, -0.2) is 0 Å². The Morgan fingerprint density at radius 3 is 2.62 bits per heavy atom. The van der Waals surface area contributed by atoms with Gasteiger partial charge >= 0.3 is 0 Å². The summed E-state index contributed by atoms with van der Waals surface area (Å²) < 4.78 is 0. The lowest BCUT2D eigenvalue weighted by atomic mass is 9.82. The van der Waals surface area contributed by atoms with E-state index in [1.807, 2.05) is 6.07 Å². The Morgan fingerprint density at radius 2 is 2.00 bits per heavy atom. The van der Waals surface area contributed by atoms with E-state index in [0.717, 1.165) is 18.9 Å². The molecule has 114 valence electrons. The first-order valence-electron chi connectivity index (χ1n) is 7.49. The number of nitrogens with zero attached hydrogens (tertiary/aromatic N) is 3. The Kier molecular flexibility index (Phi) is 6.28. The zero-order chi connectivity index (χ0) is 15.1. The van der Waals surface area contributed by atoms with Crippen LogP contribution in [0.5, 0.6) is 0 Å². The Hall–Kier alpha value is -1.31. The van der Waals surface area contributed by atoms with Crippen LogP contribution < -0.4 is 5.32 Å². The van der Waals surface area contributed by atoms with Crippen LogP contribution in [0.25, 0.3) is 0 Å². The van der Waals surface area contributed by atoms with E-state index in [1.165, 1.54) is 25.7 Å². The molecule has 0 saturated heterocycles. The first kappa shape index (κ1) is 16.1. The minimum absolute atomic E-state index is 0.428. The van der Waals surface area contributed by atoms with Crippen molar-refractivity contribution in [3.8, 4) is 11.8 Å². The van der Waals surface area contributed by atoms with Gasteiger partial charge in [-0.1, -0.05) is 23.4 Å². The second-order valence-corrected chi connectivity index (χ2v) is 6.29. The number of aromatic nitrogens is 2. The van der Waals surface area contributed by atoms with E-state index in [9.17, 15) is 0 Å². The maximum atomic E-state index is 5.72. The lowest BCUT2D eigenvalue weighted by Crippen LogP contribution is -2.21. The Morgan fingerprint density at radius 1 is 1.24 bits per heavy atom. The molecule has 21 heavy (non-hydrogen) atoms. The fourth-order valence-electron chi connectivity index (χ4n) is 2.52. The van der Waals surface area contributed by atoms with Crippen molar-refractivity contribution in [2.45, 2.75) is 25.7 Å². The molecule has 1 heterocycles. The minimum atomic E-state index is 0.428. The van der Waals surface area contributed by atoms with E-state index in [4.69, 9.17) is 11.6 Å². The maximum absolute atomic E-state index is 5.72. The zero-order valence-electron chi connectivity index (χ0n) is 12.8. The Labute approximate surface area is 132 Å². The van der Waals surface area contributed by atoms with Gasteiger partial charge in [-0.2, -0.15) is 0 Å². The second-order valence-electron chi connectivity index (χ2n) is 5.90. The van der Waals surface area contributed by atoms with Crippen LogP contribution in [0.1, 0.15) is 25.7 Å². The van der Waals surface area contributed by atoms with E-state index < -0.39 is 0 Å². The van der Waals surface area contributed by atoms with Gasteiger partial charge in [0.05, 0.1) is 6.54 Å². The third-order valence-corrected chi connectivity index (χ3v) is 3.95. The first-order chi connectivity index (χ1) is 10.1. The van der Waals surface area contributed by atoms with Crippen molar-refractivity contribution in [3.63, 3.8) is 0 Å². The third kappa shape index (κ3) is 5.91. The van der Waals surface area contributed by atoms with Gasteiger partial charge < -0.3 is 5.32 Å². The summed E-state index contributed by atoms with van der Waals surface area (Å²) in [7, 11) is 4.10. The average molecular weight is 307 g/mol. The largest absolute Gasteiger partial charge is 0.368 e. The summed E-state index contributed by atoms with van der Waals surface area (Å²) in [6, 6.07) is 3.63. The lowest BCUT2D eigenvalue weighted by Gasteiger charge is -2.25. The smallest absolute Gasteiger partial charge is 0.151 e. The molecule has 0 unspecified atom stereocenters. The number of hydrogen-bond acceptors (Lipinski definition) is 4. The predicted octanol–water partition coefficient (Wildman–Crippen LogP) is 2.91. The molecule has 2 rings (SSSR count). The van der Waals surface area contributed by atoms with Crippen molar-refractivity contribution in [1.82, 2.24) is 15.1 Å². The number of nitrogens with one attached hydrogen (secondary N) is 1. The van der Waals surface area contributed by atoms with Crippen molar-refractivity contribution >= 4 is 17.4 Å². The third-order valence-electron chi connectivity index (χ3n) is 3.75. The molecule has 0 atom stereocenters. The minimum Gasteiger partial charge on any atom is -0.368 e. The van der Waals surface area contributed by atoms with Gasteiger partial charge in [-0.05, 0) is 57.8 Å². The quantitative estimate of drug-likeness (QED) is 0.869. The SMILES string of the molecule is CN(C)CC#C[C@H]1CC[C@H](CNc2ccc(Cl)nn2)CC1. The average Bonchev–Trinajstić information content (AvgIpc) is 2.48. The number of halogens is 1. The molecule has 1 N–H and O–H groups in total. The molecule has 1 fully saturated rings. The van der Waals surface area contributed by atoms with Crippen LogP contribution in [-0.2, 0) is 0 Å². The highest BCUT2D eigenvalue weighted by molar-refractivity contribution is 6.29. The van der Waals surface area contributed by atoms with Crippen molar-refractivity contribution in [3.05, 3.63) is 17.3 Å². The highest BCUT2D eigenvalue weighted by Crippen LogP contribution is 2.28. The van der Waals surface area contributed by atoms with Crippen molar-refractivity contribution in [2.75, 3.05) is 32.5 Å². The summed E-state index contributed by atoms with van der Waals surface area (Å²) in [6.07, 6.45) is 4.88. The van der Waals surface area contributed by atoms with Gasteiger partial charge in [-0.3, -0.25) is 4.90 Å². The molecule has 0 amide bonds. The molecule has 1 aromatic rings. The monoisotopic (exact) mass is 306 g/mol. The molecule has 1 aliphatic carbocycles. The first-order valence-corrected chi connectivity index (χ1v) is 7.87. The molecular formula is C16H23ClN4. The van der Waals surface area contributed by atoms with Gasteiger partial charge in [0, 0.05) is 12.5 Å². The van der Waals surface area contributed by atoms with E-state index >= 15 is 0 Å². The molecule has 0 bridgehead atoms. The summed E-state index contributed by atoms with van der Waals surface area (Å²) in [5, 5.41) is 11.6. The van der Waals surface area contributed by atoms with Gasteiger partial charge in [0.1, 0.15) is 5.82 Å². The molecule has 1 saturated carbocycles. The summed E-state index contributed by atoms with van der Waals surface area (Å²) >= 11 is 5.72. The lowest BCUT2D eigenvalue weighted by molar-refractivity contribution is 0.328. The summed E-state index contributed by atoms with van der Waals surface area (Å²) in [4.78, 5) is 2.11. The van der Waals surface area contributed by atoms with Crippen LogP contribution in [0.3, 0.4) is 0 Å². The molecule has 0 spiro atoms. The predicted molar refractivity (Wildman–Crippen MR) is 87.3 cm³/mol. The van der Waals surface area contributed by atoms with Crippen LogP contribution in [0.2, 0.25) is 5.15 Å². The summed E-state index contributed by atoms with van der Waals surface area (Å²) in [5.74, 6) is 8.75. The van der Waals surface area contributed by atoms with Gasteiger partial charge in [-0.15, -0.1) is 10.2 Å². The molecule has 1 aliphatic rings. The number of hydrogen-bond donors (Lipinski definition) is 1. The van der Waals surface area contributed by atoms with Crippen molar-refractivity contribution < 1.29 is 0 Å². The van der Waals surface area contributed by atoms with E-state index in [-0.39, 0.29) is 0 Å². The van der Waals surface area contributed by atoms with Crippen LogP contribution in [0.4, 0.5) is 5.82 Å². The van der Waals surface area contributed by atoms with Crippen LogP contribution in [-0.4, -0.2) is 42.3 Å². The van der Waals surface area contributed by atoms with Crippen LogP contribution in [0.15, 0.2) is 12.1 Å². The standard InChI is InChI=1S/C16H23ClN4/c1-21(2)11-3-4-13-5-7-14(8-6-13)12-18-16-10-9-15(17)19-20-16/h9-10,13-14H,5-8,11-12H2,1-2H3,(H,18,20)/t13-,14-. The van der Waals surface area contributed by atoms with Gasteiger partial charge in [0.25, 0.3) is 0 Å². The topological polar surface area (TPSA) is 41.0 Å².